The highest BCUT2D eigenvalue weighted by Crippen LogP contribution is 2.20. The van der Waals surface area contributed by atoms with E-state index in [2.05, 4.69) is 12.0 Å². The van der Waals surface area contributed by atoms with Crippen LogP contribution < -0.4 is 5.56 Å². The molecule has 7 nitrogen and oxygen atoms in total. The number of fused-ring (bicyclic) bond motifs is 3. The molecule has 0 aliphatic heterocycles. The van der Waals surface area contributed by atoms with Crippen LogP contribution in [-0.4, -0.2) is 38.1 Å². The first kappa shape index (κ1) is 17.3. The zero-order chi connectivity index (χ0) is 18.1. The van der Waals surface area contributed by atoms with Gasteiger partial charge in [-0.25, -0.2) is 4.68 Å². The fourth-order valence-electron chi connectivity index (χ4n) is 3.20. The van der Waals surface area contributed by atoms with E-state index >= 15 is 0 Å². The molecule has 0 aliphatic rings. The predicted molar refractivity (Wildman–Crippen MR) is 95.8 cm³/mol. The first-order valence-corrected chi connectivity index (χ1v) is 8.76. The molecule has 1 amide bonds. The van der Waals surface area contributed by atoms with Crippen molar-refractivity contribution >= 4 is 22.5 Å². The second kappa shape index (κ2) is 6.74. The van der Waals surface area contributed by atoms with Gasteiger partial charge < -0.3 is 9.32 Å². The van der Waals surface area contributed by atoms with E-state index in [1.165, 1.54) is 4.68 Å². The molecule has 0 N–H and O–H groups in total. The number of amides is 1. The lowest BCUT2D eigenvalue weighted by molar-refractivity contribution is -0.134. The first-order chi connectivity index (χ1) is 12.0. The molecule has 1 unspecified atom stereocenters. The summed E-state index contributed by atoms with van der Waals surface area (Å²) < 4.78 is 8.45. The summed E-state index contributed by atoms with van der Waals surface area (Å²) in [4.78, 5) is 27.5. The molecule has 3 aromatic rings. The van der Waals surface area contributed by atoms with E-state index in [-0.39, 0.29) is 11.5 Å². The molecule has 0 spiro atoms. The van der Waals surface area contributed by atoms with Crippen LogP contribution in [0.25, 0.3) is 16.6 Å². The number of carbonyl (C=O) groups excluding carboxylic acids is 1. The van der Waals surface area contributed by atoms with Crippen LogP contribution >= 0.6 is 0 Å². The largest absolute Gasteiger partial charge is 0.463 e. The number of aryl methyl sites for hydroxylation is 1. The summed E-state index contributed by atoms with van der Waals surface area (Å²) in [5.74, 6) is 0.562. The topological polar surface area (TPSA) is 72.8 Å². The van der Waals surface area contributed by atoms with E-state index in [4.69, 9.17) is 4.42 Å². The molecule has 0 saturated carbocycles. The van der Waals surface area contributed by atoms with Gasteiger partial charge in [0.15, 0.2) is 5.58 Å². The molecule has 0 aliphatic carbocycles. The lowest BCUT2D eigenvalue weighted by Crippen LogP contribution is -2.41. The smallest absolute Gasteiger partial charge is 0.291 e. The monoisotopic (exact) mass is 344 g/mol. The Bertz CT molecular complexity index is 966. The van der Waals surface area contributed by atoms with E-state index < -0.39 is 6.04 Å². The van der Waals surface area contributed by atoms with Crippen molar-refractivity contribution in [2.24, 2.45) is 0 Å². The average molecular weight is 344 g/mol. The number of nitrogens with zero attached hydrogens (tertiary/aromatic N) is 4. The maximum atomic E-state index is 12.9. The second-order valence-electron chi connectivity index (χ2n) is 6.28. The zero-order valence-electron chi connectivity index (χ0n) is 15.2. The summed E-state index contributed by atoms with van der Waals surface area (Å²) in [7, 11) is 0. The lowest BCUT2D eigenvalue weighted by Gasteiger charge is -2.25. The molecule has 0 bridgehead atoms. The fourth-order valence-corrected chi connectivity index (χ4v) is 3.20. The molecule has 0 fully saturated rings. The summed E-state index contributed by atoms with van der Waals surface area (Å²) >= 11 is 0. The van der Waals surface area contributed by atoms with Gasteiger partial charge >= 0.3 is 0 Å². The number of furan rings is 1. The third kappa shape index (κ3) is 2.83. The van der Waals surface area contributed by atoms with Crippen LogP contribution in [0.15, 0.2) is 27.6 Å². The third-order valence-corrected chi connectivity index (χ3v) is 4.63. The molecule has 3 heterocycles. The standard InChI is InChI=1S/C18H24N4O3/c1-5-7-9-20(6-2)17(23)12(3)22-18(24)15-11-16-14(8-10-25-16)21(15)13(4)19-22/h8,10-12H,5-7,9H2,1-4H3. The van der Waals surface area contributed by atoms with Gasteiger partial charge in [-0.1, -0.05) is 13.3 Å². The molecule has 7 heteroatoms. The van der Waals surface area contributed by atoms with Gasteiger partial charge in [0, 0.05) is 25.2 Å². The van der Waals surface area contributed by atoms with Gasteiger partial charge in [0.25, 0.3) is 5.56 Å². The Morgan fingerprint density at radius 1 is 1.36 bits per heavy atom. The van der Waals surface area contributed by atoms with Crippen LogP contribution in [0.3, 0.4) is 0 Å². The molecular formula is C18H24N4O3. The van der Waals surface area contributed by atoms with Crippen molar-refractivity contribution in [2.75, 3.05) is 13.1 Å². The van der Waals surface area contributed by atoms with Gasteiger partial charge in [0.1, 0.15) is 17.4 Å². The van der Waals surface area contributed by atoms with E-state index in [1.54, 1.807) is 34.6 Å². The van der Waals surface area contributed by atoms with Crippen molar-refractivity contribution in [3.63, 3.8) is 0 Å². The quantitative estimate of drug-likeness (QED) is 0.689. The minimum absolute atomic E-state index is 0.0791. The van der Waals surface area contributed by atoms with E-state index in [0.29, 0.717) is 30.0 Å². The number of hydrogen-bond acceptors (Lipinski definition) is 4. The van der Waals surface area contributed by atoms with Gasteiger partial charge in [0.05, 0.1) is 11.8 Å². The molecular weight excluding hydrogens is 320 g/mol. The number of rotatable bonds is 6. The number of likely N-dealkylation sites (N-methyl/N-ethyl adjacent to an activating group) is 1. The van der Waals surface area contributed by atoms with Gasteiger partial charge in [-0.2, -0.15) is 5.10 Å². The van der Waals surface area contributed by atoms with Crippen molar-refractivity contribution < 1.29 is 9.21 Å². The number of hydrogen-bond donors (Lipinski definition) is 0. The van der Waals surface area contributed by atoms with Gasteiger partial charge in [-0.15, -0.1) is 0 Å². The van der Waals surface area contributed by atoms with Gasteiger partial charge in [-0.05, 0) is 27.2 Å². The van der Waals surface area contributed by atoms with Crippen LogP contribution in [-0.2, 0) is 4.79 Å². The van der Waals surface area contributed by atoms with Crippen molar-refractivity contribution in [3.8, 4) is 0 Å². The minimum atomic E-state index is -0.644. The predicted octanol–water partition coefficient (Wildman–Crippen LogP) is 2.76. The summed E-state index contributed by atoms with van der Waals surface area (Å²) in [6.45, 7) is 8.91. The fraction of sp³-hybridized carbons (Fsp3) is 0.500. The van der Waals surface area contributed by atoms with Crippen LogP contribution in [0.1, 0.15) is 45.5 Å². The normalized spacial score (nSPS) is 12.8. The summed E-state index contributed by atoms with van der Waals surface area (Å²) in [5.41, 5.74) is 1.63. The second-order valence-corrected chi connectivity index (χ2v) is 6.28. The van der Waals surface area contributed by atoms with Crippen LogP contribution in [0, 0.1) is 6.92 Å². The van der Waals surface area contributed by atoms with Crippen LogP contribution in [0.2, 0.25) is 0 Å². The Kier molecular flexibility index (Phi) is 4.65. The highest BCUT2D eigenvalue weighted by molar-refractivity contribution is 5.83. The lowest BCUT2D eigenvalue weighted by atomic mass is 10.2. The highest BCUT2D eigenvalue weighted by Gasteiger charge is 2.24. The molecule has 0 saturated heterocycles. The Morgan fingerprint density at radius 2 is 2.12 bits per heavy atom. The number of aromatic nitrogens is 3. The third-order valence-electron chi connectivity index (χ3n) is 4.63. The highest BCUT2D eigenvalue weighted by atomic mass is 16.3. The van der Waals surface area contributed by atoms with Crippen molar-refractivity contribution in [1.29, 1.82) is 0 Å². The Hall–Kier alpha value is -2.57. The maximum absolute atomic E-state index is 12.9. The molecule has 0 aromatic carbocycles. The van der Waals surface area contributed by atoms with E-state index in [0.717, 1.165) is 18.4 Å². The molecule has 0 radical (unpaired) electrons. The van der Waals surface area contributed by atoms with E-state index in [1.807, 2.05) is 13.8 Å². The number of carbonyl (C=O) groups is 1. The number of unbranched alkanes of at least 4 members (excludes halogenated alkanes) is 1. The Morgan fingerprint density at radius 3 is 2.80 bits per heavy atom. The molecule has 3 aromatic heterocycles. The molecule has 25 heavy (non-hydrogen) atoms. The average Bonchev–Trinajstić information content (AvgIpc) is 3.19. The molecule has 1 atom stereocenters. The first-order valence-electron chi connectivity index (χ1n) is 8.76. The van der Waals surface area contributed by atoms with Crippen LogP contribution in [0.4, 0.5) is 0 Å². The van der Waals surface area contributed by atoms with Crippen LogP contribution in [0.5, 0.6) is 0 Å². The van der Waals surface area contributed by atoms with Crippen molar-refractivity contribution in [2.45, 2.75) is 46.6 Å². The van der Waals surface area contributed by atoms with Gasteiger partial charge in [-0.3, -0.25) is 14.0 Å². The van der Waals surface area contributed by atoms with E-state index in [9.17, 15) is 9.59 Å². The molecule has 134 valence electrons. The molecule has 3 rings (SSSR count). The zero-order valence-corrected chi connectivity index (χ0v) is 15.2. The summed E-state index contributed by atoms with van der Waals surface area (Å²) in [6.07, 6.45) is 3.55. The Balaban J connectivity index is 2.04. The SMILES string of the molecule is CCCCN(CC)C(=O)C(C)n1nc(C)n2c(cc3occc32)c1=O. The van der Waals surface area contributed by atoms with Crippen molar-refractivity contribution in [1.82, 2.24) is 19.1 Å². The maximum Gasteiger partial charge on any atom is 0.291 e. The Labute approximate surface area is 145 Å². The van der Waals surface area contributed by atoms with Gasteiger partial charge in [0.2, 0.25) is 5.91 Å². The summed E-state index contributed by atoms with van der Waals surface area (Å²) in [5, 5.41) is 4.40. The minimum Gasteiger partial charge on any atom is -0.463 e. The van der Waals surface area contributed by atoms with Crippen molar-refractivity contribution in [3.05, 3.63) is 34.6 Å². The summed E-state index contributed by atoms with van der Waals surface area (Å²) in [6, 6.07) is 2.86.